The minimum Gasteiger partial charge on any atom is -0.456 e. The van der Waals surface area contributed by atoms with Crippen LogP contribution in [0.25, 0.3) is 99.7 Å². The number of rotatable bonds is 3. The number of benzene rings is 6. The quantitative estimate of drug-likeness (QED) is 0.191. The SMILES string of the molecule is c1ccc2c(c1)cc(-c1nc(-c3cccc4oc5ccccc5c34)nc(-c3ccnc4oc5ccccc5c34)n1)c1ccccc12. The van der Waals surface area contributed by atoms with Gasteiger partial charge in [-0.05, 0) is 51.9 Å². The zero-order valence-corrected chi connectivity index (χ0v) is 24.3. The molecule has 4 aromatic heterocycles. The molecule has 10 rings (SSSR count). The highest BCUT2D eigenvalue weighted by molar-refractivity contribution is 6.15. The maximum Gasteiger partial charge on any atom is 0.228 e. The molecular weight excluding hydrogens is 568 g/mol. The second-order valence-electron chi connectivity index (χ2n) is 11.4. The Morgan fingerprint density at radius 1 is 0.391 bits per heavy atom. The summed E-state index contributed by atoms with van der Waals surface area (Å²) < 4.78 is 12.4. The number of furan rings is 2. The number of para-hydroxylation sites is 2. The van der Waals surface area contributed by atoms with E-state index in [1.807, 2.05) is 60.7 Å². The Labute approximate surface area is 261 Å². The van der Waals surface area contributed by atoms with Crippen LogP contribution in [-0.4, -0.2) is 19.9 Å². The average Bonchev–Trinajstić information content (AvgIpc) is 3.70. The summed E-state index contributed by atoms with van der Waals surface area (Å²) in [5.74, 6) is 1.69. The minimum absolute atomic E-state index is 0.543. The molecule has 0 saturated heterocycles. The lowest BCUT2D eigenvalue weighted by Crippen LogP contribution is -2.01. The molecule has 0 bridgehead atoms. The highest BCUT2D eigenvalue weighted by atomic mass is 16.3. The zero-order chi connectivity index (χ0) is 30.2. The molecule has 0 fully saturated rings. The van der Waals surface area contributed by atoms with Crippen molar-refractivity contribution in [3.05, 3.63) is 134 Å². The van der Waals surface area contributed by atoms with E-state index < -0.39 is 0 Å². The van der Waals surface area contributed by atoms with Crippen LogP contribution in [0.15, 0.2) is 142 Å². The van der Waals surface area contributed by atoms with Crippen molar-refractivity contribution in [1.82, 2.24) is 19.9 Å². The molecule has 0 unspecified atom stereocenters. The van der Waals surface area contributed by atoms with Crippen molar-refractivity contribution in [3.8, 4) is 34.2 Å². The first-order valence-corrected chi connectivity index (χ1v) is 15.1. The fraction of sp³-hybridized carbons (Fsp3) is 0. The second kappa shape index (κ2) is 9.55. The van der Waals surface area contributed by atoms with Gasteiger partial charge in [-0.1, -0.05) is 97.1 Å². The van der Waals surface area contributed by atoms with E-state index in [-0.39, 0.29) is 0 Å². The molecule has 0 radical (unpaired) electrons. The van der Waals surface area contributed by atoms with E-state index in [9.17, 15) is 0 Å². The van der Waals surface area contributed by atoms with E-state index in [2.05, 4.69) is 71.7 Å². The Bertz CT molecular complexity index is 2700. The maximum atomic E-state index is 6.25. The first-order chi connectivity index (χ1) is 22.8. The number of hydrogen-bond acceptors (Lipinski definition) is 6. The predicted octanol–water partition coefficient (Wildman–Crippen LogP) is 10.4. The van der Waals surface area contributed by atoms with Gasteiger partial charge in [-0.25, -0.2) is 19.9 Å². The molecule has 46 heavy (non-hydrogen) atoms. The summed E-state index contributed by atoms with van der Waals surface area (Å²) in [6.07, 6.45) is 1.75. The van der Waals surface area contributed by atoms with E-state index in [4.69, 9.17) is 23.8 Å². The van der Waals surface area contributed by atoms with Crippen molar-refractivity contribution in [2.24, 2.45) is 0 Å². The fourth-order valence-electron chi connectivity index (χ4n) is 6.77. The lowest BCUT2D eigenvalue weighted by Gasteiger charge is -2.13. The van der Waals surface area contributed by atoms with Gasteiger partial charge in [-0.2, -0.15) is 0 Å². The molecule has 214 valence electrons. The van der Waals surface area contributed by atoms with Gasteiger partial charge in [0.1, 0.15) is 16.7 Å². The van der Waals surface area contributed by atoms with Crippen LogP contribution in [0.2, 0.25) is 0 Å². The molecule has 0 atom stereocenters. The first-order valence-electron chi connectivity index (χ1n) is 15.1. The smallest absolute Gasteiger partial charge is 0.228 e. The van der Waals surface area contributed by atoms with Crippen LogP contribution in [0, 0.1) is 0 Å². The molecule has 0 aliphatic carbocycles. The van der Waals surface area contributed by atoms with E-state index in [0.717, 1.165) is 71.1 Å². The van der Waals surface area contributed by atoms with Crippen LogP contribution >= 0.6 is 0 Å². The second-order valence-corrected chi connectivity index (χ2v) is 11.4. The lowest BCUT2D eigenvalue weighted by atomic mass is 9.96. The molecule has 6 aromatic carbocycles. The van der Waals surface area contributed by atoms with E-state index in [0.29, 0.717) is 23.2 Å². The fourth-order valence-corrected chi connectivity index (χ4v) is 6.77. The molecule has 6 heteroatoms. The highest BCUT2D eigenvalue weighted by Gasteiger charge is 2.21. The summed E-state index contributed by atoms with van der Waals surface area (Å²) >= 11 is 0. The minimum atomic E-state index is 0.543. The van der Waals surface area contributed by atoms with Crippen LogP contribution in [0.3, 0.4) is 0 Å². The molecule has 0 N–H and O–H groups in total. The number of aromatic nitrogens is 4. The third-order valence-electron chi connectivity index (χ3n) is 8.81. The van der Waals surface area contributed by atoms with Gasteiger partial charge < -0.3 is 8.83 Å². The van der Waals surface area contributed by atoms with Crippen LogP contribution in [0.5, 0.6) is 0 Å². The Morgan fingerprint density at radius 2 is 0.957 bits per heavy atom. The van der Waals surface area contributed by atoms with Gasteiger partial charge in [-0.15, -0.1) is 0 Å². The molecule has 0 spiro atoms. The Balaban J connectivity index is 1.33. The van der Waals surface area contributed by atoms with Crippen LogP contribution in [-0.2, 0) is 0 Å². The molecule has 10 aromatic rings. The summed E-state index contributed by atoms with van der Waals surface area (Å²) in [7, 11) is 0. The molecule has 0 aliphatic heterocycles. The standard InChI is InChI=1S/C40H22N4O2/c1-2-11-24-23(10-1)22-31(26-13-4-3-12-25(24)26)39-43-37(29-16-9-19-34-35(29)27-14-5-7-17-32(27)45-34)42-38(44-39)30-20-21-41-40-36(30)28-15-6-8-18-33(28)46-40/h1-22H. The first kappa shape index (κ1) is 25.0. The van der Waals surface area contributed by atoms with E-state index >= 15 is 0 Å². The largest absolute Gasteiger partial charge is 0.456 e. The van der Waals surface area contributed by atoms with E-state index in [1.165, 1.54) is 5.39 Å². The van der Waals surface area contributed by atoms with Crippen molar-refractivity contribution < 1.29 is 8.83 Å². The summed E-state index contributed by atoms with van der Waals surface area (Å²) in [6, 6.07) is 43.1. The topological polar surface area (TPSA) is 77.8 Å². The maximum absolute atomic E-state index is 6.25. The number of nitrogens with zero attached hydrogens (tertiary/aromatic N) is 4. The van der Waals surface area contributed by atoms with Gasteiger partial charge in [0.25, 0.3) is 0 Å². The van der Waals surface area contributed by atoms with Gasteiger partial charge in [0.2, 0.25) is 5.71 Å². The molecule has 0 amide bonds. The summed E-state index contributed by atoms with van der Waals surface area (Å²) in [5, 5.41) is 8.35. The summed E-state index contributed by atoms with van der Waals surface area (Å²) in [6.45, 7) is 0. The highest BCUT2D eigenvalue weighted by Crippen LogP contribution is 2.40. The third kappa shape index (κ3) is 3.64. The van der Waals surface area contributed by atoms with Gasteiger partial charge in [0.15, 0.2) is 17.5 Å². The number of pyridine rings is 1. The van der Waals surface area contributed by atoms with Gasteiger partial charge in [0.05, 0.1) is 5.39 Å². The van der Waals surface area contributed by atoms with E-state index in [1.54, 1.807) is 6.20 Å². The number of hydrogen-bond donors (Lipinski definition) is 0. The van der Waals surface area contributed by atoms with Gasteiger partial charge in [-0.3, -0.25) is 0 Å². The molecule has 0 saturated carbocycles. The molecule has 0 aliphatic rings. The zero-order valence-electron chi connectivity index (χ0n) is 24.3. The molecule has 4 heterocycles. The van der Waals surface area contributed by atoms with Crippen molar-refractivity contribution in [1.29, 1.82) is 0 Å². The summed E-state index contributed by atoms with van der Waals surface area (Å²) in [4.78, 5) is 20.2. The van der Waals surface area contributed by atoms with Crippen LogP contribution in [0.4, 0.5) is 0 Å². The average molecular weight is 591 g/mol. The van der Waals surface area contributed by atoms with Crippen molar-refractivity contribution in [3.63, 3.8) is 0 Å². The Kier molecular flexibility index (Phi) is 5.19. The Hall–Kier alpha value is -6.40. The van der Waals surface area contributed by atoms with Gasteiger partial charge >= 0.3 is 0 Å². The predicted molar refractivity (Wildman–Crippen MR) is 183 cm³/mol. The van der Waals surface area contributed by atoms with Crippen LogP contribution in [0.1, 0.15) is 0 Å². The Morgan fingerprint density at radius 3 is 1.74 bits per heavy atom. The van der Waals surface area contributed by atoms with Crippen molar-refractivity contribution in [2.75, 3.05) is 0 Å². The molecular formula is C40H22N4O2. The monoisotopic (exact) mass is 590 g/mol. The van der Waals surface area contributed by atoms with Crippen LogP contribution < -0.4 is 0 Å². The van der Waals surface area contributed by atoms with Gasteiger partial charge in [0, 0.05) is 39.0 Å². The lowest BCUT2D eigenvalue weighted by molar-refractivity contribution is 0.654. The third-order valence-corrected chi connectivity index (χ3v) is 8.81. The normalized spacial score (nSPS) is 11.9. The van der Waals surface area contributed by atoms with Crippen molar-refractivity contribution in [2.45, 2.75) is 0 Å². The summed E-state index contributed by atoms with van der Waals surface area (Å²) in [5.41, 5.74) is 5.55. The number of fused-ring (bicyclic) bond motifs is 9. The van der Waals surface area contributed by atoms with Crippen molar-refractivity contribution >= 4 is 65.6 Å². The molecule has 6 nitrogen and oxygen atoms in total.